The minimum atomic E-state index is -4.02. The Bertz CT molecular complexity index is 799. The molecule has 0 aliphatic carbocycles. The van der Waals surface area contributed by atoms with Gasteiger partial charge < -0.3 is 4.74 Å². The summed E-state index contributed by atoms with van der Waals surface area (Å²) in [6.45, 7) is -0.0218. The van der Waals surface area contributed by atoms with Crippen molar-refractivity contribution in [2.75, 3.05) is 7.11 Å². The average Bonchev–Trinajstić information content (AvgIpc) is 2.49. The van der Waals surface area contributed by atoms with Crippen LogP contribution in [-0.2, 0) is 16.6 Å². The third-order valence-corrected chi connectivity index (χ3v) is 5.52. The van der Waals surface area contributed by atoms with Crippen LogP contribution in [0.3, 0.4) is 0 Å². The fourth-order valence-electron chi connectivity index (χ4n) is 1.81. The summed E-state index contributed by atoms with van der Waals surface area (Å²) in [7, 11) is -2.53. The number of hydrogen-bond acceptors (Lipinski definition) is 3. The molecule has 0 aliphatic rings. The van der Waals surface area contributed by atoms with Crippen LogP contribution in [0.5, 0.6) is 5.75 Å². The normalized spacial score (nSPS) is 11.5. The first-order valence-corrected chi connectivity index (χ1v) is 8.76. The van der Waals surface area contributed by atoms with Crippen LogP contribution < -0.4 is 9.46 Å². The van der Waals surface area contributed by atoms with Gasteiger partial charge in [0.25, 0.3) is 0 Å². The second-order valence-electron chi connectivity index (χ2n) is 4.33. The molecule has 0 atom stereocenters. The number of sulfonamides is 1. The molecule has 0 amide bonds. The van der Waals surface area contributed by atoms with Crippen LogP contribution in [0.1, 0.15) is 5.56 Å². The number of rotatable bonds is 5. The highest BCUT2D eigenvalue weighted by Crippen LogP contribution is 2.28. The van der Waals surface area contributed by atoms with Crippen molar-refractivity contribution < 1.29 is 17.5 Å². The van der Waals surface area contributed by atoms with Crippen LogP contribution in [0.25, 0.3) is 0 Å². The molecule has 0 unspecified atom stereocenters. The van der Waals surface area contributed by atoms with E-state index < -0.39 is 20.7 Å². The molecule has 2 rings (SSSR count). The summed E-state index contributed by atoms with van der Waals surface area (Å²) in [6, 6.07) is 9.03. The Morgan fingerprint density at radius 1 is 1.32 bits per heavy atom. The van der Waals surface area contributed by atoms with Gasteiger partial charge in [0.15, 0.2) is 0 Å². The lowest BCUT2D eigenvalue weighted by atomic mass is 10.2. The minimum Gasteiger partial charge on any atom is -0.496 e. The van der Waals surface area contributed by atoms with Crippen LogP contribution >= 0.6 is 27.5 Å². The van der Waals surface area contributed by atoms with Crippen molar-refractivity contribution in [3.63, 3.8) is 0 Å². The van der Waals surface area contributed by atoms with E-state index in [1.54, 1.807) is 24.3 Å². The number of methoxy groups -OCH3 is 1. The Morgan fingerprint density at radius 3 is 2.68 bits per heavy atom. The van der Waals surface area contributed by atoms with Gasteiger partial charge in [0.2, 0.25) is 10.0 Å². The van der Waals surface area contributed by atoms with E-state index >= 15 is 0 Å². The zero-order chi connectivity index (χ0) is 16.3. The third kappa shape index (κ3) is 3.78. The first kappa shape index (κ1) is 17.2. The standard InChI is InChI=1S/C14H12BrClFNO3S/c1-21-13-5-3-2-4-9(13)8-18-22(19,20)14-6-10(15)11(16)7-12(14)17/h2-7,18H,8H2,1H3. The van der Waals surface area contributed by atoms with Crippen molar-refractivity contribution in [1.29, 1.82) is 0 Å². The Kier molecular flexibility index (Phi) is 5.44. The van der Waals surface area contributed by atoms with E-state index in [0.29, 0.717) is 15.8 Å². The van der Waals surface area contributed by atoms with Gasteiger partial charge in [0.05, 0.1) is 12.1 Å². The summed E-state index contributed by atoms with van der Waals surface area (Å²) < 4.78 is 46.1. The second kappa shape index (κ2) is 6.95. The number of nitrogens with one attached hydrogen (secondary N) is 1. The van der Waals surface area contributed by atoms with Gasteiger partial charge in [0.1, 0.15) is 16.5 Å². The molecule has 0 aliphatic heterocycles. The van der Waals surface area contributed by atoms with Gasteiger partial charge in [-0.3, -0.25) is 0 Å². The summed E-state index contributed by atoms with van der Waals surface area (Å²) in [5.74, 6) is -0.372. The number of para-hydroxylation sites is 1. The molecule has 22 heavy (non-hydrogen) atoms. The van der Waals surface area contributed by atoms with Gasteiger partial charge in [-0.1, -0.05) is 29.8 Å². The molecule has 1 N–H and O–H groups in total. The van der Waals surface area contributed by atoms with Gasteiger partial charge in [-0.15, -0.1) is 0 Å². The monoisotopic (exact) mass is 407 g/mol. The van der Waals surface area contributed by atoms with Crippen molar-refractivity contribution in [2.45, 2.75) is 11.4 Å². The van der Waals surface area contributed by atoms with E-state index in [9.17, 15) is 12.8 Å². The van der Waals surface area contributed by atoms with E-state index in [1.165, 1.54) is 7.11 Å². The van der Waals surface area contributed by atoms with E-state index in [-0.39, 0.29) is 11.6 Å². The quantitative estimate of drug-likeness (QED) is 0.767. The number of halogens is 3. The zero-order valence-corrected chi connectivity index (χ0v) is 14.6. The maximum absolute atomic E-state index is 13.8. The predicted octanol–water partition coefficient (Wildman–Crippen LogP) is 3.73. The van der Waals surface area contributed by atoms with Crippen molar-refractivity contribution in [3.05, 3.63) is 57.3 Å². The van der Waals surface area contributed by atoms with Gasteiger partial charge in [-0.05, 0) is 34.1 Å². The average molecular weight is 409 g/mol. The molecule has 118 valence electrons. The van der Waals surface area contributed by atoms with E-state index in [0.717, 1.165) is 12.1 Å². The molecule has 0 heterocycles. The molecule has 0 spiro atoms. The Balaban J connectivity index is 2.27. The van der Waals surface area contributed by atoms with Crippen LogP contribution in [0.15, 0.2) is 45.8 Å². The number of ether oxygens (including phenoxy) is 1. The Labute approximate surface area is 141 Å². The molecular weight excluding hydrogens is 397 g/mol. The maximum Gasteiger partial charge on any atom is 0.243 e. The molecule has 0 saturated carbocycles. The topological polar surface area (TPSA) is 55.4 Å². The van der Waals surface area contributed by atoms with Gasteiger partial charge in [-0.2, -0.15) is 0 Å². The van der Waals surface area contributed by atoms with Crippen molar-refractivity contribution in [3.8, 4) is 5.75 Å². The lowest BCUT2D eigenvalue weighted by Crippen LogP contribution is -2.24. The molecule has 0 bridgehead atoms. The van der Waals surface area contributed by atoms with Crippen molar-refractivity contribution in [2.24, 2.45) is 0 Å². The van der Waals surface area contributed by atoms with Crippen LogP contribution in [0.2, 0.25) is 5.02 Å². The highest BCUT2D eigenvalue weighted by atomic mass is 79.9. The van der Waals surface area contributed by atoms with E-state index in [4.69, 9.17) is 16.3 Å². The first-order valence-electron chi connectivity index (χ1n) is 6.11. The van der Waals surface area contributed by atoms with E-state index in [2.05, 4.69) is 20.7 Å². The van der Waals surface area contributed by atoms with Crippen molar-refractivity contribution >= 4 is 37.6 Å². The molecule has 0 saturated heterocycles. The van der Waals surface area contributed by atoms with Gasteiger partial charge >= 0.3 is 0 Å². The summed E-state index contributed by atoms with van der Waals surface area (Å²) >= 11 is 8.81. The minimum absolute atomic E-state index is 0.0218. The summed E-state index contributed by atoms with van der Waals surface area (Å²) in [4.78, 5) is -0.473. The highest BCUT2D eigenvalue weighted by Gasteiger charge is 2.21. The summed E-state index contributed by atoms with van der Waals surface area (Å²) in [5, 5.41) is 0.0983. The summed E-state index contributed by atoms with van der Waals surface area (Å²) in [5.41, 5.74) is 0.641. The number of benzene rings is 2. The lowest BCUT2D eigenvalue weighted by molar-refractivity contribution is 0.409. The molecule has 0 radical (unpaired) electrons. The molecule has 2 aromatic rings. The smallest absolute Gasteiger partial charge is 0.243 e. The molecule has 2 aromatic carbocycles. The maximum atomic E-state index is 13.8. The first-order chi connectivity index (χ1) is 10.3. The Hall–Kier alpha value is -1.15. The molecule has 0 fully saturated rings. The molecule has 8 heteroatoms. The SMILES string of the molecule is COc1ccccc1CNS(=O)(=O)c1cc(Br)c(Cl)cc1F. The zero-order valence-electron chi connectivity index (χ0n) is 11.4. The molecule has 4 nitrogen and oxygen atoms in total. The fraction of sp³-hybridized carbons (Fsp3) is 0.143. The largest absolute Gasteiger partial charge is 0.496 e. The second-order valence-corrected chi connectivity index (χ2v) is 7.33. The molecular formula is C14H12BrClFNO3S. The highest BCUT2D eigenvalue weighted by molar-refractivity contribution is 9.10. The van der Waals surface area contributed by atoms with Crippen LogP contribution in [0.4, 0.5) is 4.39 Å². The fourth-order valence-corrected chi connectivity index (χ4v) is 3.54. The Morgan fingerprint density at radius 2 is 2.00 bits per heavy atom. The van der Waals surface area contributed by atoms with E-state index in [1.807, 2.05) is 0 Å². The lowest BCUT2D eigenvalue weighted by Gasteiger charge is -2.11. The third-order valence-electron chi connectivity index (χ3n) is 2.91. The predicted molar refractivity (Wildman–Crippen MR) is 86.1 cm³/mol. The van der Waals surface area contributed by atoms with Crippen LogP contribution in [0, 0.1) is 5.82 Å². The van der Waals surface area contributed by atoms with Crippen molar-refractivity contribution in [1.82, 2.24) is 4.72 Å². The van der Waals surface area contributed by atoms with Gasteiger partial charge in [-0.25, -0.2) is 17.5 Å². The molecule has 0 aromatic heterocycles. The van der Waals surface area contributed by atoms with Crippen LogP contribution in [-0.4, -0.2) is 15.5 Å². The number of hydrogen-bond donors (Lipinski definition) is 1. The summed E-state index contributed by atoms with van der Waals surface area (Å²) in [6.07, 6.45) is 0. The van der Waals surface area contributed by atoms with Gasteiger partial charge in [0, 0.05) is 16.6 Å².